The van der Waals surface area contributed by atoms with Crippen molar-refractivity contribution >= 4 is 5.96 Å². The highest BCUT2D eigenvalue weighted by Gasteiger charge is 2.12. The van der Waals surface area contributed by atoms with E-state index < -0.39 is 0 Å². The average Bonchev–Trinajstić information content (AvgIpc) is 2.54. The number of nitrogens with zero attached hydrogens (tertiary/aromatic N) is 2. The summed E-state index contributed by atoms with van der Waals surface area (Å²) in [7, 11) is 0. The van der Waals surface area contributed by atoms with Gasteiger partial charge in [0.05, 0.1) is 19.8 Å². The Morgan fingerprint density at radius 1 is 1.22 bits per heavy atom. The fourth-order valence-electron chi connectivity index (χ4n) is 2.62. The number of aliphatic imine (C=N–C) groups is 1. The molecule has 0 bridgehead atoms. The molecule has 0 amide bonds. The lowest BCUT2D eigenvalue weighted by Crippen LogP contribution is -2.41. The zero-order valence-electron chi connectivity index (χ0n) is 14.6. The highest BCUT2D eigenvalue weighted by atomic mass is 16.5. The summed E-state index contributed by atoms with van der Waals surface area (Å²) in [5.74, 6) is 0.878. The minimum Gasteiger partial charge on any atom is -0.379 e. The topological polar surface area (TPSA) is 48.9 Å². The van der Waals surface area contributed by atoms with Crippen molar-refractivity contribution < 1.29 is 4.74 Å². The first kappa shape index (κ1) is 17.8. The Balaban J connectivity index is 2.03. The van der Waals surface area contributed by atoms with Crippen LogP contribution in [0, 0.1) is 0 Å². The van der Waals surface area contributed by atoms with Crippen molar-refractivity contribution in [2.45, 2.75) is 39.9 Å². The van der Waals surface area contributed by atoms with Crippen molar-refractivity contribution in [3.05, 3.63) is 35.4 Å². The summed E-state index contributed by atoms with van der Waals surface area (Å²) in [6, 6.07) is 8.97. The van der Waals surface area contributed by atoms with Crippen LogP contribution in [-0.4, -0.2) is 49.7 Å². The van der Waals surface area contributed by atoms with Crippen molar-refractivity contribution in [3.8, 4) is 0 Å². The molecule has 0 unspecified atom stereocenters. The zero-order valence-corrected chi connectivity index (χ0v) is 14.6. The number of benzene rings is 1. The van der Waals surface area contributed by atoms with E-state index in [0.717, 1.165) is 45.4 Å². The molecule has 0 saturated carbocycles. The van der Waals surface area contributed by atoms with Gasteiger partial charge in [-0.15, -0.1) is 0 Å². The molecular formula is C18H30N4O. The van der Waals surface area contributed by atoms with Crippen LogP contribution < -0.4 is 10.6 Å². The maximum absolute atomic E-state index is 5.43. The highest BCUT2D eigenvalue weighted by molar-refractivity contribution is 5.80. The molecule has 5 nitrogen and oxygen atoms in total. The molecule has 2 N–H and O–H groups in total. The smallest absolute Gasteiger partial charge is 0.191 e. The highest BCUT2D eigenvalue weighted by Crippen LogP contribution is 2.14. The molecule has 1 aliphatic heterocycles. The largest absolute Gasteiger partial charge is 0.379 e. The number of nitrogens with one attached hydrogen (secondary N) is 2. The molecular weight excluding hydrogens is 288 g/mol. The van der Waals surface area contributed by atoms with Gasteiger partial charge in [-0.3, -0.25) is 4.90 Å². The molecule has 1 fully saturated rings. The predicted molar refractivity (Wildman–Crippen MR) is 95.6 cm³/mol. The molecule has 0 aliphatic carbocycles. The Morgan fingerprint density at radius 3 is 2.57 bits per heavy atom. The maximum atomic E-state index is 5.43. The van der Waals surface area contributed by atoms with E-state index in [-0.39, 0.29) is 0 Å². The fraction of sp³-hybridized carbons (Fsp3) is 0.611. The first-order valence-electron chi connectivity index (χ1n) is 8.60. The minimum absolute atomic E-state index is 0.372. The van der Waals surface area contributed by atoms with Crippen molar-refractivity contribution in [1.82, 2.24) is 15.5 Å². The standard InChI is InChI=1S/C18H30N4O/c1-4-19-18(21-15(2)3)20-13-16-7-5-6-8-17(16)14-22-9-11-23-12-10-22/h5-8,15H,4,9-14H2,1-3H3,(H2,19,20,21). The van der Waals surface area contributed by atoms with Gasteiger partial charge < -0.3 is 15.4 Å². The Kier molecular flexibility index (Phi) is 7.36. The first-order chi connectivity index (χ1) is 11.2. The van der Waals surface area contributed by atoms with E-state index in [9.17, 15) is 0 Å². The Hall–Kier alpha value is -1.59. The number of hydrogen-bond acceptors (Lipinski definition) is 3. The molecule has 1 heterocycles. The molecule has 1 aromatic rings. The molecule has 0 spiro atoms. The van der Waals surface area contributed by atoms with Crippen LogP contribution in [0.4, 0.5) is 0 Å². The maximum Gasteiger partial charge on any atom is 0.191 e. The van der Waals surface area contributed by atoms with Crippen LogP contribution in [0.5, 0.6) is 0 Å². The lowest BCUT2D eigenvalue weighted by molar-refractivity contribution is 0.0341. The van der Waals surface area contributed by atoms with Crippen LogP contribution in [0.25, 0.3) is 0 Å². The van der Waals surface area contributed by atoms with Gasteiger partial charge in [0.2, 0.25) is 0 Å². The average molecular weight is 318 g/mol. The van der Waals surface area contributed by atoms with Crippen LogP contribution in [0.1, 0.15) is 31.9 Å². The SMILES string of the molecule is CCNC(=NCc1ccccc1CN1CCOCC1)NC(C)C. The summed E-state index contributed by atoms with van der Waals surface area (Å²) in [6.07, 6.45) is 0. The van der Waals surface area contributed by atoms with E-state index in [2.05, 4.69) is 60.6 Å². The molecule has 128 valence electrons. The summed E-state index contributed by atoms with van der Waals surface area (Å²) in [6.45, 7) is 12.6. The Morgan fingerprint density at radius 2 is 1.91 bits per heavy atom. The minimum atomic E-state index is 0.372. The summed E-state index contributed by atoms with van der Waals surface area (Å²) in [4.78, 5) is 7.18. The van der Waals surface area contributed by atoms with E-state index in [1.54, 1.807) is 0 Å². The van der Waals surface area contributed by atoms with Crippen LogP contribution in [-0.2, 0) is 17.8 Å². The first-order valence-corrected chi connectivity index (χ1v) is 8.60. The van der Waals surface area contributed by atoms with Gasteiger partial charge in [-0.25, -0.2) is 4.99 Å². The van der Waals surface area contributed by atoms with Crippen LogP contribution in [0.2, 0.25) is 0 Å². The second-order valence-corrected chi connectivity index (χ2v) is 6.15. The monoisotopic (exact) mass is 318 g/mol. The van der Waals surface area contributed by atoms with E-state index in [1.165, 1.54) is 11.1 Å². The van der Waals surface area contributed by atoms with Crippen molar-refractivity contribution in [1.29, 1.82) is 0 Å². The predicted octanol–water partition coefficient (Wildman–Crippen LogP) is 1.98. The molecule has 0 aromatic heterocycles. The number of morpholine rings is 1. The zero-order chi connectivity index (χ0) is 16.5. The normalized spacial score (nSPS) is 16.6. The van der Waals surface area contributed by atoms with Crippen LogP contribution >= 0.6 is 0 Å². The van der Waals surface area contributed by atoms with Crippen molar-refractivity contribution in [2.24, 2.45) is 4.99 Å². The third-order valence-corrected chi connectivity index (χ3v) is 3.79. The van der Waals surface area contributed by atoms with Gasteiger partial charge in [-0.1, -0.05) is 24.3 Å². The Labute approximate surface area is 140 Å². The van der Waals surface area contributed by atoms with Gasteiger partial charge in [0.15, 0.2) is 5.96 Å². The van der Waals surface area contributed by atoms with Gasteiger partial charge in [-0.2, -0.15) is 0 Å². The summed E-state index contributed by atoms with van der Waals surface area (Å²) < 4.78 is 5.43. The van der Waals surface area contributed by atoms with Crippen LogP contribution in [0.3, 0.4) is 0 Å². The molecule has 5 heteroatoms. The molecule has 23 heavy (non-hydrogen) atoms. The van der Waals surface area contributed by atoms with Gasteiger partial charge >= 0.3 is 0 Å². The summed E-state index contributed by atoms with van der Waals surface area (Å²) >= 11 is 0. The molecule has 0 radical (unpaired) electrons. The number of hydrogen-bond donors (Lipinski definition) is 2. The molecule has 1 aromatic carbocycles. The van der Waals surface area contributed by atoms with Crippen molar-refractivity contribution in [3.63, 3.8) is 0 Å². The van der Waals surface area contributed by atoms with Gasteiger partial charge in [0.1, 0.15) is 0 Å². The summed E-state index contributed by atoms with van der Waals surface area (Å²) in [5.41, 5.74) is 2.65. The second kappa shape index (κ2) is 9.53. The van der Waals surface area contributed by atoms with Gasteiger partial charge in [-0.05, 0) is 31.9 Å². The van der Waals surface area contributed by atoms with E-state index >= 15 is 0 Å². The fourth-order valence-corrected chi connectivity index (χ4v) is 2.62. The van der Waals surface area contributed by atoms with E-state index in [1.807, 2.05) is 0 Å². The lowest BCUT2D eigenvalue weighted by Gasteiger charge is -2.27. The van der Waals surface area contributed by atoms with Gasteiger partial charge in [0.25, 0.3) is 0 Å². The molecule has 1 saturated heterocycles. The quantitative estimate of drug-likeness (QED) is 0.622. The summed E-state index contributed by atoms with van der Waals surface area (Å²) in [5, 5.41) is 6.66. The van der Waals surface area contributed by atoms with Crippen LogP contribution in [0.15, 0.2) is 29.3 Å². The molecule has 0 atom stereocenters. The third kappa shape index (κ3) is 6.20. The molecule has 1 aliphatic rings. The number of guanidine groups is 1. The third-order valence-electron chi connectivity index (χ3n) is 3.79. The van der Waals surface area contributed by atoms with Crippen molar-refractivity contribution in [2.75, 3.05) is 32.8 Å². The Bertz CT molecular complexity index is 496. The molecule has 2 rings (SSSR count). The van der Waals surface area contributed by atoms with E-state index in [4.69, 9.17) is 9.73 Å². The van der Waals surface area contributed by atoms with E-state index in [0.29, 0.717) is 12.6 Å². The second-order valence-electron chi connectivity index (χ2n) is 6.15. The number of ether oxygens (including phenoxy) is 1. The lowest BCUT2D eigenvalue weighted by atomic mass is 10.1. The van der Waals surface area contributed by atoms with Gasteiger partial charge in [0, 0.05) is 32.2 Å². The number of rotatable bonds is 6.